The van der Waals surface area contributed by atoms with Crippen molar-refractivity contribution in [2.24, 2.45) is 0 Å². The fourth-order valence-corrected chi connectivity index (χ4v) is 4.09. The zero-order valence-electron chi connectivity index (χ0n) is 14.0. The predicted molar refractivity (Wildman–Crippen MR) is 99.0 cm³/mol. The fourth-order valence-electron chi connectivity index (χ4n) is 3.94. The zero-order valence-corrected chi connectivity index (χ0v) is 14.8. The summed E-state index contributed by atoms with van der Waals surface area (Å²) in [7, 11) is 0. The molecule has 2 nitrogen and oxygen atoms in total. The van der Waals surface area contributed by atoms with Crippen LogP contribution in [0.2, 0.25) is 5.02 Å². The van der Waals surface area contributed by atoms with Gasteiger partial charge in [0.25, 0.3) is 0 Å². The molecule has 0 heterocycles. The first-order chi connectivity index (χ1) is 11.8. The Morgan fingerprint density at radius 3 is 2.52 bits per heavy atom. The van der Waals surface area contributed by atoms with E-state index in [1.165, 1.54) is 6.07 Å². The molecule has 1 aliphatic rings. The van der Waals surface area contributed by atoms with Gasteiger partial charge in [-0.3, -0.25) is 0 Å². The molecule has 0 saturated carbocycles. The highest BCUT2D eigenvalue weighted by Crippen LogP contribution is 2.50. The minimum atomic E-state index is -0.470. The van der Waals surface area contributed by atoms with Crippen LogP contribution >= 0.6 is 11.6 Å². The van der Waals surface area contributed by atoms with Crippen LogP contribution < -0.4 is 0 Å². The molecule has 0 fully saturated rings. The van der Waals surface area contributed by atoms with Crippen LogP contribution in [0.1, 0.15) is 31.4 Å². The van der Waals surface area contributed by atoms with E-state index in [0.717, 1.165) is 34.7 Å². The largest absolute Gasteiger partial charge is 0.508 e. The smallest absolute Gasteiger partial charge is 0.132 e. The number of hydrogen-bond donors (Lipinski definition) is 2. The standard InChI is InChI=1S/C21H18ClFO2/c1-21(2)8-7-14-17(24)6-3-11-9-15(20(25)19(21)18(11)14)13-5-4-12(22)10-16(13)23/h3-6,9-10,24-25H,7-8H2,1-2H3. The van der Waals surface area contributed by atoms with Crippen LogP contribution in [0.25, 0.3) is 21.9 Å². The summed E-state index contributed by atoms with van der Waals surface area (Å²) in [6.07, 6.45) is 1.55. The summed E-state index contributed by atoms with van der Waals surface area (Å²) in [6.45, 7) is 4.13. The van der Waals surface area contributed by atoms with Crippen molar-refractivity contribution in [2.45, 2.75) is 32.1 Å². The molecule has 0 spiro atoms. The first-order valence-corrected chi connectivity index (χ1v) is 8.64. The lowest BCUT2D eigenvalue weighted by atomic mass is 9.70. The first kappa shape index (κ1) is 16.2. The van der Waals surface area contributed by atoms with Gasteiger partial charge in [0.2, 0.25) is 0 Å². The van der Waals surface area contributed by atoms with Gasteiger partial charge in [0.15, 0.2) is 0 Å². The van der Waals surface area contributed by atoms with E-state index in [2.05, 4.69) is 13.8 Å². The molecule has 4 heteroatoms. The minimum Gasteiger partial charge on any atom is -0.508 e. The first-order valence-electron chi connectivity index (χ1n) is 8.26. The maximum Gasteiger partial charge on any atom is 0.132 e. The molecule has 0 aromatic heterocycles. The Morgan fingerprint density at radius 2 is 1.80 bits per heavy atom. The molecule has 0 atom stereocenters. The highest BCUT2D eigenvalue weighted by atomic mass is 35.5. The van der Waals surface area contributed by atoms with Crippen LogP contribution in [0.4, 0.5) is 4.39 Å². The average molecular weight is 357 g/mol. The Bertz CT molecular complexity index is 1020. The van der Waals surface area contributed by atoms with E-state index in [0.29, 0.717) is 16.1 Å². The van der Waals surface area contributed by atoms with Gasteiger partial charge in [0.1, 0.15) is 17.3 Å². The second-order valence-electron chi connectivity index (χ2n) is 7.32. The summed E-state index contributed by atoms with van der Waals surface area (Å²) < 4.78 is 14.5. The highest BCUT2D eigenvalue weighted by molar-refractivity contribution is 6.30. The van der Waals surface area contributed by atoms with Gasteiger partial charge in [-0.25, -0.2) is 4.39 Å². The van der Waals surface area contributed by atoms with Crippen molar-refractivity contribution in [3.05, 3.63) is 58.4 Å². The second kappa shape index (κ2) is 5.37. The second-order valence-corrected chi connectivity index (χ2v) is 7.75. The Labute approximate surface area is 150 Å². The maximum atomic E-state index is 14.5. The topological polar surface area (TPSA) is 40.5 Å². The number of halogens is 2. The lowest BCUT2D eigenvalue weighted by Crippen LogP contribution is -2.23. The van der Waals surface area contributed by atoms with Gasteiger partial charge in [-0.05, 0) is 59.4 Å². The van der Waals surface area contributed by atoms with Crippen molar-refractivity contribution in [2.75, 3.05) is 0 Å². The lowest BCUT2D eigenvalue weighted by molar-refractivity contribution is 0.412. The van der Waals surface area contributed by atoms with Crippen LogP contribution in [0.15, 0.2) is 36.4 Å². The number of phenols is 2. The van der Waals surface area contributed by atoms with Gasteiger partial charge in [-0.1, -0.05) is 31.5 Å². The van der Waals surface area contributed by atoms with Crippen molar-refractivity contribution in [3.8, 4) is 22.6 Å². The molecular weight excluding hydrogens is 339 g/mol. The Kier molecular flexibility index (Phi) is 3.48. The third-order valence-corrected chi connectivity index (χ3v) is 5.50. The fraction of sp³-hybridized carbons (Fsp3) is 0.238. The maximum absolute atomic E-state index is 14.5. The highest BCUT2D eigenvalue weighted by Gasteiger charge is 2.34. The summed E-state index contributed by atoms with van der Waals surface area (Å²) >= 11 is 5.86. The average Bonchev–Trinajstić information content (AvgIpc) is 2.53. The summed E-state index contributed by atoms with van der Waals surface area (Å²) in [5, 5.41) is 23.4. The third-order valence-electron chi connectivity index (χ3n) is 5.26. The van der Waals surface area contributed by atoms with E-state index < -0.39 is 5.82 Å². The van der Waals surface area contributed by atoms with E-state index in [9.17, 15) is 14.6 Å². The summed E-state index contributed by atoms with van der Waals surface area (Å²) in [6, 6.07) is 9.71. The quantitative estimate of drug-likeness (QED) is 0.567. The van der Waals surface area contributed by atoms with Crippen molar-refractivity contribution < 1.29 is 14.6 Å². The molecule has 3 aromatic rings. The molecular formula is C21H18ClFO2. The van der Waals surface area contributed by atoms with Gasteiger partial charge >= 0.3 is 0 Å². The molecule has 0 unspecified atom stereocenters. The molecule has 128 valence electrons. The SMILES string of the molecule is CC1(C)CCc2c(O)ccc3cc(-c4ccc(Cl)cc4F)c(O)c1c23. The lowest BCUT2D eigenvalue weighted by Gasteiger charge is -2.34. The summed E-state index contributed by atoms with van der Waals surface area (Å²) in [5.74, 6) is -0.152. The van der Waals surface area contributed by atoms with E-state index in [-0.39, 0.29) is 16.9 Å². The molecule has 25 heavy (non-hydrogen) atoms. The van der Waals surface area contributed by atoms with Crippen LogP contribution in [0.3, 0.4) is 0 Å². The van der Waals surface area contributed by atoms with Crippen molar-refractivity contribution >= 4 is 22.4 Å². The van der Waals surface area contributed by atoms with Gasteiger partial charge in [-0.15, -0.1) is 0 Å². The molecule has 2 N–H and O–H groups in total. The summed E-state index contributed by atoms with van der Waals surface area (Å²) in [5.41, 5.74) is 2.11. The van der Waals surface area contributed by atoms with Crippen molar-refractivity contribution in [3.63, 3.8) is 0 Å². The molecule has 4 rings (SSSR count). The number of phenolic OH excluding ortho intramolecular Hbond substituents is 2. The van der Waals surface area contributed by atoms with E-state index in [4.69, 9.17) is 11.6 Å². The normalized spacial score (nSPS) is 15.5. The van der Waals surface area contributed by atoms with Crippen molar-refractivity contribution in [1.82, 2.24) is 0 Å². The molecule has 1 aliphatic carbocycles. The Morgan fingerprint density at radius 1 is 1.04 bits per heavy atom. The van der Waals surface area contributed by atoms with Gasteiger partial charge in [0.05, 0.1) is 0 Å². The van der Waals surface area contributed by atoms with Gasteiger partial charge < -0.3 is 10.2 Å². The van der Waals surface area contributed by atoms with Crippen LogP contribution in [-0.2, 0) is 11.8 Å². The molecule has 0 saturated heterocycles. The van der Waals surface area contributed by atoms with E-state index >= 15 is 0 Å². The van der Waals surface area contributed by atoms with Crippen LogP contribution in [0, 0.1) is 5.82 Å². The molecule has 0 aliphatic heterocycles. The molecule has 0 bridgehead atoms. The zero-order chi connectivity index (χ0) is 17.9. The van der Waals surface area contributed by atoms with Gasteiger partial charge in [-0.2, -0.15) is 0 Å². The number of aryl methyl sites for hydroxylation is 1. The van der Waals surface area contributed by atoms with Gasteiger partial charge in [0, 0.05) is 27.3 Å². The Balaban J connectivity index is 2.13. The molecule has 0 amide bonds. The monoisotopic (exact) mass is 356 g/mol. The van der Waals surface area contributed by atoms with E-state index in [1.807, 2.05) is 6.07 Å². The van der Waals surface area contributed by atoms with E-state index in [1.54, 1.807) is 24.3 Å². The number of benzene rings is 3. The summed E-state index contributed by atoms with van der Waals surface area (Å²) in [4.78, 5) is 0. The third kappa shape index (κ3) is 2.37. The molecule has 0 radical (unpaired) electrons. The van der Waals surface area contributed by atoms with Crippen molar-refractivity contribution in [1.29, 1.82) is 0 Å². The predicted octanol–water partition coefficient (Wildman–Crippen LogP) is 5.93. The Hall–Kier alpha value is -2.26. The minimum absolute atomic E-state index is 0.0743. The van der Waals surface area contributed by atoms with Crippen LogP contribution in [-0.4, -0.2) is 10.2 Å². The number of aromatic hydroxyl groups is 2. The molecule has 3 aromatic carbocycles. The number of rotatable bonds is 1. The van der Waals surface area contributed by atoms with Crippen LogP contribution in [0.5, 0.6) is 11.5 Å². The number of hydrogen-bond acceptors (Lipinski definition) is 2.